The number of anilines is 1. The van der Waals surface area contributed by atoms with Crippen molar-refractivity contribution < 1.29 is 19.1 Å². The minimum absolute atomic E-state index is 0.264. The second kappa shape index (κ2) is 9.01. The molecule has 0 radical (unpaired) electrons. The summed E-state index contributed by atoms with van der Waals surface area (Å²) in [5, 5.41) is 11.4. The topological polar surface area (TPSA) is 88.4 Å². The minimum atomic E-state index is -0.645. The largest absolute Gasteiger partial charge is 0.455 e. The lowest BCUT2D eigenvalue weighted by molar-refractivity contribution is -0.119. The van der Waals surface area contributed by atoms with Gasteiger partial charge in [-0.05, 0) is 48.5 Å². The number of esters is 1. The number of hydrogen-bond donors (Lipinski definition) is 1. The van der Waals surface area contributed by atoms with E-state index in [-0.39, 0.29) is 5.56 Å². The molecule has 1 amide bonds. The van der Waals surface area contributed by atoms with Crippen LogP contribution in [0.1, 0.15) is 15.9 Å². The molecule has 0 spiro atoms. The predicted molar refractivity (Wildman–Crippen MR) is 103 cm³/mol. The van der Waals surface area contributed by atoms with E-state index in [0.717, 1.165) is 0 Å². The first-order valence-electron chi connectivity index (χ1n) is 8.45. The van der Waals surface area contributed by atoms with Crippen LogP contribution in [-0.2, 0) is 9.53 Å². The second-order valence-corrected chi connectivity index (χ2v) is 5.72. The third-order valence-electron chi connectivity index (χ3n) is 3.72. The molecule has 6 heteroatoms. The average molecular weight is 372 g/mol. The quantitative estimate of drug-likeness (QED) is 0.657. The molecule has 3 rings (SSSR count). The van der Waals surface area contributed by atoms with Gasteiger partial charge in [-0.3, -0.25) is 4.79 Å². The van der Waals surface area contributed by atoms with E-state index in [2.05, 4.69) is 5.32 Å². The Labute approximate surface area is 161 Å². The maximum atomic E-state index is 12.2. The predicted octanol–water partition coefficient (Wildman–Crippen LogP) is 4.15. The molecule has 3 aromatic rings. The zero-order valence-corrected chi connectivity index (χ0v) is 14.8. The Morgan fingerprint density at radius 1 is 0.893 bits per heavy atom. The molecule has 0 fully saturated rings. The highest BCUT2D eigenvalue weighted by molar-refractivity contribution is 5.96. The van der Waals surface area contributed by atoms with Gasteiger partial charge in [-0.2, -0.15) is 5.26 Å². The molecule has 0 aromatic heterocycles. The Morgan fingerprint density at radius 3 is 2.29 bits per heavy atom. The summed E-state index contributed by atoms with van der Waals surface area (Å²) in [6.07, 6.45) is 0. The van der Waals surface area contributed by atoms with Gasteiger partial charge in [0, 0.05) is 0 Å². The van der Waals surface area contributed by atoms with E-state index >= 15 is 0 Å². The van der Waals surface area contributed by atoms with Gasteiger partial charge < -0.3 is 14.8 Å². The van der Waals surface area contributed by atoms with Crippen LogP contribution in [0.3, 0.4) is 0 Å². The highest BCUT2D eigenvalue weighted by atomic mass is 16.5. The fourth-order valence-electron chi connectivity index (χ4n) is 2.36. The Kier molecular flexibility index (Phi) is 6.01. The van der Waals surface area contributed by atoms with Crippen LogP contribution < -0.4 is 10.1 Å². The molecule has 3 aromatic carbocycles. The summed E-state index contributed by atoms with van der Waals surface area (Å²) in [6, 6.07) is 24.1. The normalized spacial score (nSPS) is 9.82. The van der Waals surface area contributed by atoms with Crippen molar-refractivity contribution in [2.24, 2.45) is 0 Å². The molecule has 0 aliphatic heterocycles. The Hall–Kier alpha value is -4.11. The molecular weight excluding hydrogens is 356 g/mol. The number of rotatable bonds is 6. The van der Waals surface area contributed by atoms with Gasteiger partial charge in [0.05, 0.1) is 22.9 Å². The number of hydrogen-bond acceptors (Lipinski definition) is 5. The van der Waals surface area contributed by atoms with Crippen molar-refractivity contribution >= 4 is 17.6 Å². The van der Waals surface area contributed by atoms with Gasteiger partial charge in [0.15, 0.2) is 12.4 Å². The van der Waals surface area contributed by atoms with Crippen LogP contribution >= 0.6 is 0 Å². The number of nitrogens with one attached hydrogen (secondary N) is 1. The molecule has 0 aliphatic rings. The Balaban J connectivity index is 1.59. The first kappa shape index (κ1) is 18.7. The summed E-state index contributed by atoms with van der Waals surface area (Å²) in [6.45, 7) is -0.446. The monoisotopic (exact) mass is 372 g/mol. The lowest BCUT2D eigenvalue weighted by Gasteiger charge is -2.12. The molecule has 0 unspecified atom stereocenters. The van der Waals surface area contributed by atoms with Crippen LogP contribution in [-0.4, -0.2) is 18.5 Å². The van der Waals surface area contributed by atoms with Gasteiger partial charge >= 0.3 is 5.97 Å². The van der Waals surface area contributed by atoms with E-state index in [1.165, 1.54) is 24.3 Å². The highest BCUT2D eigenvalue weighted by Crippen LogP contribution is 2.29. The third-order valence-corrected chi connectivity index (χ3v) is 3.72. The van der Waals surface area contributed by atoms with Crippen LogP contribution in [0.25, 0.3) is 0 Å². The zero-order valence-electron chi connectivity index (χ0n) is 14.8. The summed E-state index contributed by atoms with van der Waals surface area (Å²) >= 11 is 0. The van der Waals surface area contributed by atoms with Gasteiger partial charge in [0.2, 0.25) is 0 Å². The summed E-state index contributed by atoms with van der Waals surface area (Å²) in [7, 11) is 0. The smallest absolute Gasteiger partial charge is 0.338 e. The van der Waals surface area contributed by atoms with E-state index in [4.69, 9.17) is 14.7 Å². The standard InChI is InChI=1S/C22H16N2O4/c23-14-16-10-12-17(13-11-16)22(26)27-15-21(25)24-19-8-4-5-9-20(19)28-18-6-2-1-3-7-18/h1-13H,15H2,(H,24,25). The van der Waals surface area contributed by atoms with Crippen molar-refractivity contribution in [1.29, 1.82) is 5.26 Å². The zero-order chi connectivity index (χ0) is 19.8. The molecule has 0 aliphatic carbocycles. The van der Waals surface area contributed by atoms with E-state index in [1.54, 1.807) is 36.4 Å². The van der Waals surface area contributed by atoms with Gasteiger partial charge in [0.25, 0.3) is 5.91 Å². The number of carbonyl (C=O) groups excluding carboxylic acids is 2. The highest BCUT2D eigenvalue weighted by Gasteiger charge is 2.12. The molecule has 0 saturated carbocycles. The lowest BCUT2D eigenvalue weighted by atomic mass is 10.1. The van der Waals surface area contributed by atoms with Crippen LogP contribution in [0.15, 0.2) is 78.9 Å². The van der Waals surface area contributed by atoms with Gasteiger partial charge in [0.1, 0.15) is 5.75 Å². The summed E-state index contributed by atoms with van der Waals surface area (Å²) < 4.78 is 10.8. The van der Waals surface area contributed by atoms with Crippen molar-refractivity contribution in [3.8, 4) is 17.6 Å². The molecule has 0 bridgehead atoms. The number of carbonyl (C=O) groups is 2. The second-order valence-electron chi connectivity index (χ2n) is 5.72. The molecule has 0 heterocycles. The lowest BCUT2D eigenvalue weighted by Crippen LogP contribution is -2.21. The number of nitrogens with zero attached hydrogens (tertiary/aromatic N) is 1. The molecule has 138 valence electrons. The number of para-hydroxylation sites is 3. The van der Waals surface area contributed by atoms with E-state index in [1.807, 2.05) is 24.3 Å². The van der Waals surface area contributed by atoms with Crippen molar-refractivity contribution in [1.82, 2.24) is 0 Å². The van der Waals surface area contributed by atoms with Crippen molar-refractivity contribution in [3.05, 3.63) is 90.0 Å². The Bertz CT molecular complexity index is 1010. The van der Waals surface area contributed by atoms with Crippen LogP contribution in [0, 0.1) is 11.3 Å². The van der Waals surface area contributed by atoms with Crippen LogP contribution in [0.5, 0.6) is 11.5 Å². The fraction of sp³-hybridized carbons (Fsp3) is 0.0455. The SMILES string of the molecule is N#Cc1ccc(C(=O)OCC(=O)Nc2ccccc2Oc2ccccc2)cc1. The van der Waals surface area contributed by atoms with E-state index < -0.39 is 18.5 Å². The number of nitriles is 1. The van der Waals surface area contributed by atoms with Crippen molar-refractivity contribution in [2.75, 3.05) is 11.9 Å². The molecule has 28 heavy (non-hydrogen) atoms. The molecule has 6 nitrogen and oxygen atoms in total. The molecule has 1 N–H and O–H groups in total. The number of amides is 1. The maximum Gasteiger partial charge on any atom is 0.338 e. The third kappa shape index (κ3) is 4.96. The summed E-state index contributed by atoms with van der Waals surface area (Å²) in [4.78, 5) is 24.2. The molecule has 0 atom stereocenters. The molecular formula is C22H16N2O4. The Morgan fingerprint density at radius 2 is 1.57 bits per heavy atom. The average Bonchev–Trinajstić information content (AvgIpc) is 2.74. The van der Waals surface area contributed by atoms with E-state index in [0.29, 0.717) is 22.7 Å². The first-order chi connectivity index (χ1) is 13.7. The van der Waals surface area contributed by atoms with Gasteiger partial charge in [-0.25, -0.2) is 4.79 Å². The van der Waals surface area contributed by atoms with Gasteiger partial charge in [-0.1, -0.05) is 30.3 Å². The van der Waals surface area contributed by atoms with Crippen LogP contribution in [0.4, 0.5) is 5.69 Å². The minimum Gasteiger partial charge on any atom is -0.455 e. The van der Waals surface area contributed by atoms with Crippen molar-refractivity contribution in [3.63, 3.8) is 0 Å². The van der Waals surface area contributed by atoms with Gasteiger partial charge in [-0.15, -0.1) is 0 Å². The summed E-state index contributed by atoms with van der Waals surface area (Å²) in [5.41, 5.74) is 1.16. The first-order valence-corrected chi connectivity index (χ1v) is 8.45. The van der Waals surface area contributed by atoms with Crippen molar-refractivity contribution in [2.45, 2.75) is 0 Å². The van der Waals surface area contributed by atoms with Crippen LogP contribution in [0.2, 0.25) is 0 Å². The number of benzene rings is 3. The van der Waals surface area contributed by atoms with E-state index in [9.17, 15) is 9.59 Å². The fourth-order valence-corrected chi connectivity index (χ4v) is 2.36. The molecule has 0 saturated heterocycles. The maximum absolute atomic E-state index is 12.2. The number of ether oxygens (including phenoxy) is 2. The summed E-state index contributed by atoms with van der Waals surface area (Å²) in [5.74, 6) is -0.0310.